The van der Waals surface area contributed by atoms with Gasteiger partial charge in [0.1, 0.15) is 5.82 Å². The van der Waals surface area contributed by atoms with Crippen LogP contribution in [0.5, 0.6) is 0 Å². The number of fused-ring (bicyclic) bond motifs is 1. The van der Waals surface area contributed by atoms with E-state index in [0.29, 0.717) is 10.8 Å². The standard InChI is InChI=1S/C17H18ClN3O/c1-12(17(22)20-16-7-6-15(18)10-19-16)21-9-8-13-4-2-3-5-14(13)11-21/h2-7,10,12H,8-9,11H2,1H3,(H,19,20,22)/t12-/m0/s1. The Labute approximate surface area is 135 Å². The molecule has 0 fully saturated rings. The molecule has 1 aliphatic heterocycles. The molecule has 0 radical (unpaired) electrons. The first-order valence-corrected chi connectivity index (χ1v) is 7.74. The normalized spacial score (nSPS) is 15.9. The maximum Gasteiger partial charge on any atom is 0.242 e. The first-order valence-electron chi connectivity index (χ1n) is 7.37. The molecule has 0 saturated heterocycles. The van der Waals surface area contributed by atoms with E-state index in [9.17, 15) is 4.79 Å². The van der Waals surface area contributed by atoms with Gasteiger partial charge in [-0.25, -0.2) is 4.98 Å². The van der Waals surface area contributed by atoms with Gasteiger partial charge in [-0.05, 0) is 36.6 Å². The highest BCUT2D eigenvalue weighted by molar-refractivity contribution is 6.30. The maximum absolute atomic E-state index is 12.4. The van der Waals surface area contributed by atoms with E-state index in [4.69, 9.17) is 11.6 Å². The Morgan fingerprint density at radius 2 is 2.05 bits per heavy atom. The highest BCUT2D eigenvalue weighted by Gasteiger charge is 2.25. The van der Waals surface area contributed by atoms with Crippen LogP contribution in [-0.4, -0.2) is 28.4 Å². The fourth-order valence-corrected chi connectivity index (χ4v) is 2.81. The number of pyridine rings is 1. The Kier molecular flexibility index (Phi) is 4.41. The van der Waals surface area contributed by atoms with E-state index >= 15 is 0 Å². The summed E-state index contributed by atoms with van der Waals surface area (Å²) in [4.78, 5) is 18.7. The molecule has 0 spiro atoms. The second-order valence-corrected chi connectivity index (χ2v) is 5.95. The zero-order chi connectivity index (χ0) is 15.5. The molecule has 0 unspecified atom stereocenters. The molecule has 0 saturated carbocycles. The first kappa shape index (κ1) is 15.0. The summed E-state index contributed by atoms with van der Waals surface area (Å²) in [6.07, 6.45) is 2.51. The smallest absolute Gasteiger partial charge is 0.242 e. The fraction of sp³-hybridized carbons (Fsp3) is 0.294. The van der Waals surface area contributed by atoms with Crippen molar-refractivity contribution < 1.29 is 4.79 Å². The first-order chi connectivity index (χ1) is 10.6. The van der Waals surface area contributed by atoms with E-state index in [-0.39, 0.29) is 11.9 Å². The molecule has 0 bridgehead atoms. The van der Waals surface area contributed by atoms with Crippen LogP contribution in [0.4, 0.5) is 5.82 Å². The molecule has 114 valence electrons. The Morgan fingerprint density at radius 3 is 2.77 bits per heavy atom. The number of carbonyl (C=O) groups excluding carboxylic acids is 1. The van der Waals surface area contributed by atoms with Crippen LogP contribution in [0.1, 0.15) is 18.1 Å². The minimum atomic E-state index is -0.203. The van der Waals surface area contributed by atoms with Crippen LogP contribution in [0.25, 0.3) is 0 Å². The summed E-state index contributed by atoms with van der Waals surface area (Å²) in [5, 5.41) is 3.39. The molecule has 1 aromatic carbocycles. The lowest BCUT2D eigenvalue weighted by atomic mass is 9.99. The minimum Gasteiger partial charge on any atom is -0.309 e. The molecular formula is C17H18ClN3O. The average molecular weight is 316 g/mol. The zero-order valence-electron chi connectivity index (χ0n) is 12.4. The van der Waals surface area contributed by atoms with Crippen molar-refractivity contribution >= 4 is 23.3 Å². The number of nitrogens with one attached hydrogen (secondary N) is 1. The van der Waals surface area contributed by atoms with Crippen LogP contribution in [-0.2, 0) is 17.8 Å². The molecule has 1 amide bonds. The number of amides is 1. The number of carbonyl (C=O) groups is 1. The molecule has 3 rings (SSSR count). The van der Waals surface area contributed by atoms with Crippen molar-refractivity contribution in [2.24, 2.45) is 0 Å². The SMILES string of the molecule is C[C@@H](C(=O)Nc1ccc(Cl)cn1)N1CCc2ccccc2C1. The average Bonchev–Trinajstić information content (AvgIpc) is 2.55. The Hall–Kier alpha value is -1.91. The largest absolute Gasteiger partial charge is 0.309 e. The van der Waals surface area contributed by atoms with E-state index < -0.39 is 0 Å². The Bertz CT molecular complexity index is 672. The number of hydrogen-bond donors (Lipinski definition) is 1. The van der Waals surface area contributed by atoms with Crippen molar-refractivity contribution in [3.63, 3.8) is 0 Å². The van der Waals surface area contributed by atoms with Gasteiger partial charge in [-0.2, -0.15) is 0 Å². The van der Waals surface area contributed by atoms with E-state index in [0.717, 1.165) is 19.5 Å². The lowest BCUT2D eigenvalue weighted by Crippen LogP contribution is -2.44. The van der Waals surface area contributed by atoms with Gasteiger partial charge in [0.2, 0.25) is 5.91 Å². The van der Waals surface area contributed by atoms with Gasteiger partial charge in [0, 0.05) is 19.3 Å². The van der Waals surface area contributed by atoms with E-state index in [1.54, 1.807) is 12.1 Å². The molecular weight excluding hydrogens is 298 g/mol. The van der Waals surface area contributed by atoms with Crippen molar-refractivity contribution in [2.45, 2.75) is 25.9 Å². The summed E-state index contributed by atoms with van der Waals surface area (Å²) in [5.74, 6) is 0.480. The summed E-state index contributed by atoms with van der Waals surface area (Å²) in [5.41, 5.74) is 2.68. The third kappa shape index (κ3) is 3.29. The number of halogens is 1. The predicted molar refractivity (Wildman–Crippen MR) is 87.9 cm³/mol. The number of rotatable bonds is 3. The number of anilines is 1. The molecule has 2 heterocycles. The minimum absolute atomic E-state index is 0.0470. The van der Waals surface area contributed by atoms with Gasteiger partial charge >= 0.3 is 0 Å². The van der Waals surface area contributed by atoms with Gasteiger partial charge in [0.25, 0.3) is 0 Å². The van der Waals surface area contributed by atoms with Gasteiger partial charge < -0.3 is 5.32 Å². The molecule has 1 aliphatic rings. The van der Waals surface area contributed by atoms with E-state index in [2.05, 4.69) is 33.4 Å². The predicted octanol–water partition coefficient (Wildman–Crippen LogP) is 3.12. The van der Waals surface area contributed by atoms with Crippen molar-refractivity contribution in [1.29, 1.82) is 0 Å². The summed E-state index contributed by atoms with van der Waals surface area (Å²) >= 11 is 5.80. The molecule has 5 heteroatoms. The summed E-state index contributed by atoms with van der Waals surface area (Å²) in [7, 11) is 0. The molecule has 22 heavy (non-hydrogen) atoms. The van der Waals surface area contributed by atoms with Gasteiger partial charge in [0.05, 0.1) is 11.1 Å². The zero-order valence-corrected chi connectivity index (χ0v) is 13.2. The number of nitrogens with zero attached hydrogens (tertiary/aromatic N) is 2. The lowest BCUT2D eigenvalue weighted by molar-refractivity contribution is -0.121. The second-order valence-electron chi connectivity index (χ2n) is 5.52. The topological polar surface area (TPSA) is 45.2 Å². The van der Waals surface area contributed by atoms with Crippen LogP contribution in [0.2, 0.25) is 5.02 Å². The third-order valence-corrected chi connectivity index (χ3v) is 4.29. The van der Waals surface area contributed by atoms with Gasteiger partial charge in [0.15, 0.2) is 0 Å². The Balaban J connectivity index is 1.65. The highest BCUT2D eigenvalue weighted by Crippen LogP contribution is 2.20. The van der Waals surface area contributed by atoms with E-state index in [1.165, 1.54) is 17.3 Å². The van der Waals surface area contributed by atoms with Crippen molar-refractivity contribution in [1.82, 2.24) is 9.88 Å². The number of aromatic nitrogens is 1. The summed E-state index contributed by atoms with van der Waals surface area (Å²) in [6, 6.07) is 11.6. The summed E-state index contributed by atoms with van der Waals surface area (Å²) < 4.78 is 0. The molecule has 1 N–H and O–H groups in total. The van der Waals surface area contributed by atoms with Crippen LogP contribution in [0.3, 0.4) is 0 Å². The lowest BCUT2D eigenvalue weighted by Gasteiger charge is -2.32. The highest BCUT2D eigenvalue weighted by atomic mass is 35.5. The summed E-state index contributed by atoms with van der Waals surface area (Å²) in [6.45, 7) is 3.62. The molecule has 2 aromatic rings. The van der Waals surface area contributed by atoms with Crippen LogP contribution < -0.4 is 5.32 Å². The van der Waals surface area contributed by atoms with Crippen molar-refractivity contribution in [3.05, 3.63) is 58.7 Å². The number of hydrogen-bond acceptors (Lipinski definition) is 3. The van der Waals surface area contributed by atoms with Gasteiger partial charge in [-0.3, -0.25) is 9.69 Å². The molecule has 1 atom stereocenters. The van der Waals surface area contributed by atoms with Crippen LogP contribution in [0, 0.1) is 0 Å². The van der Waals surface area contributed by atoms with Gasteiger partial charge in [-0.1, -0.05) is 35.9 Å². The molecule has 0 aliphatic carbocycles. The Morgan fingerprint density at radius 1 is 1.27 bits per heavy atom. The van der Waals surface area contributed by atoms with Crippen LogP contribution >= 0.6 is 11.6 Å². The molecule has 1 aromatic heterocycles. The molecule has 4 nitrogen and oxygen atoms in total. The van der Waals surface area contributed by atoms with Crippen molar-refractivity contribution in [3.8, 4) is 0 Å². The quantitative estimate of drug-likeness (QED) is 0.946. The third-order valence-electron chi connectivity index (χ3n) is 4.07. The second kappa shape index (κ2) is 6.46. The number of benzene rings is 1. The van der Waals surface area contributed by atoms with Crippen molar-refractivity contribution in [2.75, 3.05) is 11.9 Å². The van der Waals surface area contributed by atoms with Crippen LogP contribution in [0.15, 0.2) is 42.6 Å². The fourth-order valence-electron chi connectivity index (χ4n) is 2.69. The van der Waals surface area contributed by atoms with Gasteiger partial charge in [-0.15, -0.1) is 0 Å². The maximum atomic E-state index is 12.4. The van der Waals surface area contributed by atoms with E-state index in [1.807, 2.05) is 13.0 Å². The monoisotopic (exact) mass is 315 g/mol.